The smallest absolute Gasteiger partial charge is 0.223 e. The van der Waals surface area contributed by atoms with Gasteiger partial charge in [0, 0.05) is 45.1 Å². The molecule has 28 heavy (non-hydrogen) atoms. The Hall–Kier alpha value is -1.99. The molecule has 0 radical (unpaired) electrons. The molecule has 0 saturated carbocycles. The van der Waals surface area contributed by atoms with Gasteiger partial charge in [0.05, 0.1) is 23.2 Å². The number of aryl methyl sites for hydroxylation is 1. The van der Waals surface area contributed by atoms with E-state index in [-0.39, 0.29) is 23.9 Å². The minimum atomic E-state index is -0.286. The molecule has 2 atom stereocenters. The lowest BCUT2D eigenvalue weighted by atomic mass is 10.0. The number of halogens is 1. The summed E-state index contributed by atoms with van der Waals surface area (Å²) in [5.74, 6) is 0.625. The van der Waals surface area contributed by atoms with Crippen molar-refractivity contribution in [2.45, 2.75) is 57.8 Å². The molecule has 1 N–H and O–H groups in total. The molecule has 152 valence electrons. The van der Waals surface area contributed by atoms with E-state index in [1.54, 1.807) is 6.07 Å². The van der Waals surface area contributed by atoms with Gasteiger partial charge >= 0.3 is 0 Å². The van der Waals surface area contributed by atoms with Crippen molar-refractivity contribution in [2.24, 2.45) is 0 Å². The summed E-state index contributed by atoms with van der Waals surface area (Å²) in [5, 5.41) is 0. The molecule has 4 rings (SSSR count). The number of amides is 1. The van der Waals surface area contributed by atoms with E-state index in [1.807, 2.05) is 4.90 Å². The predicted octanol–water partition coefficient (Wildman–Crippen LogP) is 2.73. The van der Waals surface area contributed by atoms with Gasteiger partial charge in [-0.15, -0.1) is 0 Å². The molecule has 0 bridgehead atoms. The van der Waals surface area contributed by atoms with Gasteiger partial charge in [-0.05, 0) is 44.9 Å². The highest BCUT2D eigenvalue weighted by atomic mass is 19.1. The molecule has 7 heteroatoms. The Morgan fingerprint density at radius 3 is 2.68 bits per heavy atom. The zero-order chi connectivity index (χ0) is 19.7. The van der Waals surface area contributed by atoms with Gasteiger partial charge in [-0.25, -0.2) is 9.37 Å². The van der Waals surface area contributed by atoms with Crippen LogP contribution in [0.4, 0.5) is 4.39 Å². The molecule has 2 aromatic rings. The van der Waals surface area contributed by atoms with Crippen LogP contribution in [-0.2, 0) is 16.0 Å². The summed E-state index contributed by atoms with van der Waals surface area (Å²) in [6.07, 6.45) is 3.58. The molecular weight excluding hydrogens is 359 g/mol. The SMILES string of the molecule is C[C@@H]1CN(C2CCN(C(=O)CCc3nc4ccc(F)cc4[nH]3)CC2)C[C@H](C)O1. The predicted molar refractivity (Wildman–Crippen MR) is 106 cm³/mol. The lowest BCUT2D eigenvalue weighted by molar-refractivity contribution is -0.134. The summed E-state index contributed by atoms with van der Waals surface area (Å²) in [7, 11) is 0. The van der Waals surface area contributed by atoms with Crippen LogP contribution in [0.15, 0.2) is 18.2 Å². The first-order valence-electron chi connectivity index (χ1n) is 10.3. The fourth-order valence-corrected chi connectivity index (χ4v) is 4.53. The van der Waals surface area contributed by atoms with Crippen molar-refractivity contribution < 1.29 is 13.9 Å². The second-order valence-corrected chi connectivity index (χ2v) is 8.17. The van der Waals surface area contributed by atoms with Crippen LogP contribution in [0.5, 0.6) is 0 Å². The number of benzene rings is 1. The summed E-state index contributed by atoms with van der Waals surface area (Å²) >= 11 is 0. The molecular formula is C21H29FN4O2. The van der Waals surface area contributed by atoms with Crippen molar-refractivity contribution in [3.8, 4) is 0 Å². The number of hydrogen-bond donors (Lipinski definition) is 1. The quantitative estimate of drug-likeness (QED) is 0.875. The van der Waals surface area contributed by atoms with Gasteiger partial charge in [0.25, 0.3) is 0 Å². The second-order valence-electron chi connectivity index (χ2n) is 8.17. The number of likely N-dealkylation sites (tertiary alicyclic amines) is 1. The van der Waals surface area contributed by atoms with Crippen LogP contribution >= 0.6 is 0 Å². The zero-order valence-electron chi connectivity index (χ0n) is 16.7. The molecule has 6 nitrogen and oxygen atoms in total. The first-order chi connectivity index (χ1) is 13.5. The molecule has 1 aromatic carbocycles. The van der Waals surface area contributed by atoms with E-state index in [1.165, 1.54) is 12.1 Å². The number of carbonyl (C=O) groups excluding carboxylic acids is 1. The molecule has 0 spiro atoms. The Bertz CT molecular complexity index is 821. The van der Waals surface area contributed by atoms with Crippen LogP contribution in [-0.4, -0.2) is 70.1 Å². The largest absolute Gasteiger partial charge is 0.373 e. The lowest BCUT2D eigenvalue weighted by Crippen LogP contribution is -2.53. The third-order valence-electron chi connectivity index (χ3n) is 5.85. The molecule has 0 aliphatic carbocycles. The first kappa shape index (κ1) is 19.3. The van der Waals surface area contributed by atoms with Crippen LogP contribution in [0.1, 0.15) is 38.9 Å². The fourth-order valence-electron chi connectivity index (χ4n) is 4.53. The Kier molecular flexibility index (Phi) is 5.64. The molecule has 2 fully saturated rings. The van der Waals surface area contributed by atoms with Crippen molar-refractivity contribution in [3.63, 3.8) is 0 Å². The molecule has 2 aliphatic rings. The van der Waals surface area contributed by atoms with Gasteiger partial charge in [0.1, 0.15) is 11.6 Å². The van der Waals surface area contributed by atoms with Crippen molar-refractivity contribution in [2.75, 3.05) is 26.2 Å². The third kappa shape index (κ3) is 4.36. The van der Waals surface area contributed by atoms with Crippen LogP contribution < -0.4 is 0 Å². The van der Waals surface area contributed by atoms with Gasteiger partial charge in [-0.2, -0.15) is 0 Å². The van der Waals surface area contributed by atoms with E-state index in [0.717, 1.165) is 50.4 Å². The molecule has 2 saturated heterocycles. The Morgan fingerprint density at radius 2 is 1.96 bits per heavy atom. The number of nitrogens with one attached hydrogen (secondary N) is 1. The average Bonchev–Trinajstić information content (AvgIpc) is 3.07. The minimum absolute atomic E-state index is 0.175. The van der Waals surface area contributed by atoms with E-state index in [0.29, 0.717) is 24.4 Å². The van der Waals surface area contributed by atoms with Gasteiger partial charge in [0.2, 0.25) is 5.91 Å². The van der Waals surface area contributed by atoms with Crippen LogP contribution in [0, 0.1) is 5.82 Å². The number of piperidine rings is 1. The van der Waals surface area contributed by atoms with E-state index >= 15 is 0 Å². The zero-order valence-corrected chi connectivity index (χ0v) is 16.7. The summed E-state index contributed by atoms with van der Waals surface area (Å²) in [4.78, 5) is 24.7. The number of carbonyl (C=O) groups is 1. The van der Waals surface area contributed by atoms with Crippen LogP contribution in [0.2, 0.25) is 0 Å². The fraction of sp³-hybridized carbons (Fsp3) is 0.619. The number of rotatable bonds is 4. The number of aromatic amines is 1. The normalized spacial score (nSPS) is 24.8. The number of imidazole rings is 1. The van der Waals surface area contributed by atoms with Gasteiger partial charge in [-0.3, -0.25) is 9.69 Å². The van der Waals surface area contributed by atoms with Crippen molar-refractivity contribution in [3.05, 3.63) is 29.8 Å². The maximum atomic E-state index is 13.3. The summed E-state index contributed by atoms with van der Waals surface area (Å²) < 4.78 is 19.1. The highest BCUT2D eigenvalue weighted by Crippen LogP contribution is 2.22. The van der Waals surface area contributed by atoms with E-state index in [4.69, 9.17) is 4.74 Å². The number of morpholine rings is 1. The van der Waals surface area contributed by atoms with Gasteiger partial charge in [-0.1, -0.05) is 0 Å². The Morgan fingerprint density at radius 1 is 1.25 bits per heavy atom. The van der Waals surface area contributed by atoms with Crippen LogP contribution in [0.3, 0.4) is 0 Å². The number of aromatic nitrogens is 2. The monoisotopic (exact) mass is 388 g/mol. The van der Waals surface area contributed by atoms with E-state index < -0.39 is 0 Å². The molecule has 3 heterocycles. The van der Waals surface area contributed by atoms with Gasteiger partial charge in [0.15, 0.2) is 0 Å². The van der Waals surface area contributed by atoms with Crippen molar-refractivity contribution in [1.29, 1.82) is 0 Å². The number of nitrogens with zero attached hydrogens (tertiary/aromatic N) is 3. The highest BCUT2D eigenvalue weighted by molar-refractivity contribution is 5.77. The topological polar surface area (TPSA) is 61.5 Å². The van der Waals surface area contributed by atoms with Crippen molar-refractivity contribution in [1.82, 2.24) is 19.8 Å². The standard InChI is InChI=1S/C21H29FN4O2/c1-14-12-26(13-15(2)28-14)17-7-9-25(10-8-17)21(27)6-5-20-23-18-4-3-16(22)11-19(18)24-20/h3-4,11,14-15,17H,5-10,12-13H2,1-2H3,(H,23,24)/t14-,15+. The lowest BCUT2D eigenvalue weighted by Gasteiger charge is -2.43. The molecule has 2 aliphatic heterocycles. The highest BCUT2D eigenvalue weighted by Gasteiger charge is 2.31. The second kappa shape index (κ2) is 8.17. The summed E-state index contributed by atoms with van der Waals surface area (Å²) in [6.45, 7) is 7.86. The number of H-pyrrole nitrogens is 1. The maximum Gasteiger partial charge on any atom is 0.223 e. The summed E-state index contributed by atoms with van der Waals surface area (Å²) in [6, 6.07) is 5.04. The first-order valence-corrected chi connectivity index (χ1v) is 10.3. The van der Waals surface area contributed by atoms with Crippen LogP contribution in [0.25, 0.3) is 11.0 Å². The average molecular weight is 388 g/mol. The Labute approximate surface area is 165 Å². The van der Waals surface area contributed by atoms with Gasteiger partial charge < -0.3 is 14.6 Å². The van der Waals surface area contributed by atoms with E-state index in [9.17, 15) is 9.18 Å². The number of hydrogen-bond acceptors (Lipinski definition) is 4. The minimum Gasteiger partial charge on any atom is -0.373 e. The van der Waals surface area contributed by atoms with Crippen molar-refractivity contribution >= 4 is 16.9 Å². The third-order valence-corrected chi connectivity index (χ3v) is 5.85. The number of fused-ring (bicyclic) bond motifs is 1. The Balaban J connectivity index is 1.26. The molecule has 1 aromatic heterocycles. The molecule has 0 unspecified atom stereocenters. The number of ether oxygens (including phenoxy) is 1. The van der Waals surface area contributed by atoms with E-state index in [2.05, 4.69) is 28.7 Å². The summed E-state index contributed by atoms with van der Waals surface area (Å²) in [5.41, 5.74) is 1.41. The molecule has 1 amide bonds. The maximum absolute atomic E-state index is 13.3.